The lowest BCUT2D eigenvalue weighted by Crippen LogP contribution is -2.24. The van der Waals surface area contributed by atoms with Gasteiger partial charge in [0.2, 0.25) is 10.0 Å². The number of imidazole rings is 1. The topological polar surface area (TPSA) is 87.8 Å². The number of aromatic nitrogens is 2. The molecule has 1 aromatic heterocycles. The summed E-state index contributed by atoms with van der Waals surface area (Å²) in [4.78, 5) is 4.16. The molecule has 0 aliphatic carbocycles. The fourth-order valence-corrected chi connectivity index (χ4v) is 2.50. The van der Waals surface area contributed by atoms with Crippen LogP contribution in [0.3, 0.4) is 0 Å². The molecule has 0 amide bonds. The summed E-state index contributed by atoms with van der Waals surface area (Å²) in [5.41, 5.74) is 0.419. The molecule has 0 saturated heterocycles. The van der Waals surface area contributed by atoms with Gasteiger partial charge in [-0.05, 0) is 24.3 Å². The predicted octanol–water partition coefficient (Wildman–Crippen LogP) is 0.770. The van der Waals surface area contributed by atoms with Gasteiger partial charge in [-0.25, -0.2) is 18.1 Å². The van der Waals surface area contributed by atoms with Crippen LogP contribution in [-0.4, -0.2) is 18.0 Å². The summed E-state index contributed by atoms with van der Waals surface area (Å²) < 4.78 is 28.2. The van der Waals surface area contributed by atoms with E-state index in [1.54, 1.807) is 24.0 Å². The second-order valence-electron chi connectivity index (χ2n) is 3.92. The Morgan fingerprint density at radius 1 is 1.37 bits per heavy atom. The number of nitriles is 1. The van der Waals surface area contributed by atoms with Crippen molar-refractivity contribution in [2.24, 2.45) is 7.05 Å². The highest BCUT2D eigenvalue weighted by Gasteiger charge is 2.14. The van der Waals surface area contributed by atoms with E-state index in [0.29, 0.717) is 11.4 Å². The quantitative estimate of drug-likeness (QED) is 0.893. The zero-order valence-electron chi connectivity index (χ0n) is 10.2. The van der Waals surface area contributed by atoms with Crippen molar-refractivity contribution in [3.05, 3.63) is 48.0 Å². The van der Waals surface area contributed by atoms with Crippen LogP contribution in [0.15, 0.2) is 41.6 Å². The molecule has 0 unspecified atom stereocenters. The SMILES string of the molecule is Cn1ccnc1CNS(=O)(=O)c1ccc(C#N)cc1. The van der Waals surface area contributed by atoms with Gasteiger partial charge >= 0.3 is 0 Å². The van der Waals surface area contributed by atoms with Gasteiger partial charge in [-0.2, -0.15) is 5.26 Å². The van der Waals surface area contributed by atoms with Crippen LogP contribution in [-0.2, 0) is 23.6 Å². The second-order valence-corrected chi connectivity index (χ2v) is 5.68. The number of hydrogen-bond donors (Lipinski definition) is 1. The molecule has 98 valence electrons. The first-order chi connectivity index (χ1) is 9.03. The number of nitrogens with one attached hydrogen (secondary N) is 1. The first kappa shape index (κ1) is 13.3. The number of benzene rings is 1. The van der Waals surface area contributed by atoms with E-state index in [9.17, 15) is 8.42 Å². The van der Waals surface area contributed by atoms with Gasteiger partial charge in [0.05, 0.1) is 23.1 Å². The van der Waals surface area contributed by atoms with E-state index in [4.69, 9.17) is 5.26 Å². The molecule has 1 aromatic carbocycles. The van der Waals surface area contributed by atoms with Gasteiger partial charge in [0.15, 0.2) is 0 Å². The van der Waals surface area contributed by atoms with Gasteiger partial charge in [-0.3, -0.25) is 0 Å². The van der Waals surface area contributed by atoms with E-state index < -0.39 is 10.0 Å². The van der Waals surface area contributed by atoms with Crippen molar-refractivity contribution in [1.29, 1.82) is 5.26 Å². The normalized spacial score (nSPS) is 11.2. The maximum Gasteiger partial charge on any atom is 0.240 e. The Kier molecular flexibility index (Phi) is 3.64. The Morgan fingerprint density at radius 3 is 2.58 bits per heavy atom. The van der Waals surface area contributed by atoms with E-state index in [-0.39, 0.29) is 11.4 Å². The maximum absolute atomic E-state index is 12.0. The van der Waals surface area contributed by atoms with E-state index in [0.717, 1.165) is 0 Å². The van der Waals surface area contributed by atoms with Crippen LogP contribution in [0.25, 0.3) is 0 Å². The molecule has 19 heavy (non-hydrogen) atoms. The fraction of sp³-hybridized carbons (Fsp3) is 0.167. The number of aryl methyl sites for hydroxylation is 1. The molecular formula is C12H12N4O2S. The fourth-order valence-electron chi connectivity index (χ4n) is 1.52. The van der Waals surface area contributed by atoms with Crippen LogP contribution >= 0.6 is 0 Å². The lowest BCUT2D eigenvalue weighted by atomic mass is 10.2. The highest BCUT2D eigenvalue weighted by Crippen LogP contribution is 2.10. The Bertz CT molecular complexity index is 711. The van der Waals surface area contributed by atoms with Crippen molar-refractivity contribution in [3.8, 4) is 6.07 Å². The molecule has 0 spiro atoms. The summed E-state index contributed by atoms with van der Waals surface area (Å²) in [5.74, 6) is 0.622. The van der Waals surface area contributed by atoms with Gasteiger partial charge in [-0.1, -0.05) is 0 Å². The van der Waals surface area contributed by atoms with Crippen molar-refractivity contribution in [3.63, 3.8) is 0 Å². The molecule has 6 nitrogen and oxygen atoms in total. The summed E-state index contributed by atoms with van der Waals surface area (Å²) in [6.45, 7) is 0.117. The van der Waals surface area contributed by atoms with Crippen LogP contribution < -0.4 is 4.72 Å². The summed E-state index contributed by atoms with van der Waals surface area (Å²) in [5, 5.41) is 8.66. The van der Waals surface area contributed by atoms with Gasteiger partial charge in [0, 0.05) is 19.4 Å². The molecule has 1 heterocycles. The molecule has 0 bridgehead atoms. The molecule has 2 aromatic rings. The van der Waals surface area contributed by atoms with E-state index in [2.05, 4.69) is 9.71 Å². The number of sulfonamides is 1. The summed E-state index contributed by atoms with van der Waals surface area (Å²) in [6, 6.07) is 7.68. The van der Waals surface area contributed by atoms with Gasteiger partial charge in [-0.15, -0.1) is 0 Å². The Hall–Kier alpha value is -2.17. The minimum absolute atomic E-state index is 0.117. The second kappa shape index (κ2) is 5.22. The van der Waals surface area contributed by atoms with E-state index >= 15 is 0 Å². The predicted molar refractivity (Wildman–Crippen MR) is 68.4 cm³/mol. The molecular weight excluding hydrogens is 264 g/mol. The molecule has 0 aliphatic heterocycles. The maximum atomic E-state index is 12.0. The highest BCUT2D eigenvalue weighted by molar-refractivity contribution is 7.89. The Labute approximate surface area is 111 Å². The highest BCUT2D eigenvalue weighted by atomic mass is 32.2. The molecule has 7 heteroatoms. The molecule has 2 rings (SSSR count). The van der Waals surface area contributed by atoms with Crippen molar-refractivity contribution in [2.75, 3.05) is 0 Å². The van der Waals surface area contributed by atoms with Crippen molar-refractivity contribution in [1.82, 2.24) is 14.3 Å². The Balaban J connectivity index is 2.14. The van der Waals surface area contributed by atoms with Crippen LogP contribution in [0, 0.1) is 11.3 Å². The molecule has 0 aliphatic rings. The van der Waals surface area contributed by atoms with E-state index in [1.165, 1.54) is 24.3 Å². The molecule has 1 N–H and O–H groups in total. The third kappa shape index (κ3) is 2.99. The monoisotopic (exact) mass is 276 g/mol. The molecule has 0 atom stereocenters. The van der Waals surface area contributed by atoms with Crippen molar-refractivity contribution in [2.45, 2.75) is 11.4 Å². The number of nitrogens with zero attached hydrogens (tertiary/aromatic N) is 3. The first-order valence-electron chi connectivity index (χ1n) is 5.49. The van der Waals surface area contributed by atoms with Crippen LogP contribution in [0.5, 0.6) is 0 Å². The number of hydrogen-bond acceptors (Lipinski definition) is 4. The lowest BCUT2D eigenvalue weighted by Gasteiger charge is -2.06. The Morgan fingerprint density at radius 2 is 2.05 bits per heavy atom. The first-order valence-corrected chi connectivity index (χ1v) is 6.97. The standard InChI is InChI=1S/C12H12N4O2S/c1-16-7-6-14-12(16)9-15-19(17,18)11-4-2-10(8-13)3-5-11/h2-7,15H,9H2,1H3. The zero-order valence-corrected chi connectivity index (χ0v) is 11.1. The third-order valence-corrected chi connectivity index (χ3v) is 4.05. The van der Waals surface area contributed by atoms with Crippen molar-refractivity contribution >= 4 is 10.0 Å². The van der Waals surface area contributed by atoms with Crippen LogP contribution in [0.2, 0.25) is 0 Å². The largest absolute Gasteiger partial charge is 0.337 e. The summed E-state index contributed by atoms with van der Waals surface area (Å²) in [6.07, 6.45) is 3.34. The van der Waals surface area contributed by atoms with Crippen LogP contribution in [0.1, 0.15) is 11.4 Å². The minimum Gasteiger partial charge on any atom is -0.337 e. The van der Waals surface area contributed by atoms with E-state index in [1.807, 2.05) is 6.07 Å². The minimum atomic E-state index is -3.59. The molecule has 0 radical (unpaired) electrons. The zero-order chi connectivity index (χ0) is 13.9. The lowest BCUT2D eigenvalue weighted by molar-refractivity contribution is 0.577. The smallest absolute Gasteiger partial charge is 0.240 e. The third-order valence-electron chi connectivity index (χ3n) is 2.63. The van der Waals surface area contributed by atoms with Crippen LogP contribution in [0.4, 0.5) is 0 Å². The summed E-state index contributed by atoms with van der Waals surface area (Å²) in [7, 11) is -1.80. The van der Waals surface area contributed by atoms with Gasteiger partial charge < -0.3 is 4.57 Å². The number of rotatable bonds is 4. The summed E-state index contributed by atoms with van der Waals surface area (Å²) >= 11 is 0. The average molecular weight is 276 g/mol. The average Bonchev–Trinajstić information content (AvgIpc) is 2.82. The van der Waals surface area contributed by atoms with Gasteiger partial charge in [0.1, 0.15) is 5.82 Å². The van der Waals surface area contributed by atoms with Crippen molar-refractivity contribution < 1.29 is 8.42 Å². The molecule has 0 fully saturated rings. The van der Waals surface area contributed by atoms with Gasteiger partial charge in [0.25, 0.3) is 0 Å². The molecule has 0 saturated carbocycles.